The molecule has 0 saturated carbocycles. The smallest absolute Gasteiger partial charge is 0.341 e. The molecule has 3 aromatic rings. The van der Waals surface area contributed by atoms with Gasteiger partial charge in [0.1, 0.15) is 5.56 Å². The summed E-state index contributed by atoms with van der Waals surface area (Å²) in [4.78, 5) is 23.8. The van der Waals surface area contributed by atoms with Gasteiger partial charge in [0.2, 0.25) is 0 Å². The highest BCUT2D eigenvalue weighted by atomic mass is 19.3. The van der Waals surface area contributed by atoms with E-state index in [-0.39, 0.29) is 17.7 Å². The number of carbonyl (C=O) groups is 1. The number of aryl methyl sites for hydroxylation is 2. The van der Waals surface area contributed by atoms with Crippen molar-refractivity contribution in [3.8, 4) is 0 Å². The van der Waals surface area contributed by atoms with Gasteiger partial charge in [-0.15, -0.1) is 0 Å². The summed E-state index contributed by atoms with van der Waals surface area (Å²) < 4.78 is 26.6. The van der Waals surface area contributed by atoms with Crippen molar-refractivity contribution in [1.82, 2.24) is 4.57 Å². The first kappa shape index (κ1) is 16.8. The van der Waals surface area contributed by atoms with E-state index in [9.17, 15) is 23.5 Å². The van der Waals surface area contributed by atoms with Gasteiger partial charge in [-0.25, -0.2) is 13.6 Å². The van der Waals surface area contributed by atoms with Crippen LogP contribution in [0.25, 0.3) is 10.9 Å². The van der Waals surface area contributed by atoms with Crippen molar-refractivity contribution in [1.29, 1.82) is 0 Å². The number of aromatic carboxylic acids is 1. The van der Waals surface area contributed by atoms with Crippen LogP contribution in [0.4, 0.5) is 8.78 Å². The van der Waals surface area contributed by atoms with E-state index in [0.717, 1.165) is 5.56 Å². The average molecular weight is 343 g/mol. The maximum Gasteiger partial charge on any atom is 0.341 e. The Morgan fingerprint density at radius 2 is 1.76 bits per heavy atom. The van der Waals surface area contributed by atoms with E-state index in [4.69, 9.17) is 0 Å². The molecular formula is C19H15F2NO3. The number of rotatable bonds is 5. The van der Waals surface area contributed by atoms with Crippen LogP contribution in [0.3, 0.4) is 0 Å². The molecule has 0 spiro atoms. The van der Waals surface area contributed by atoms with Crippen molar-refractivity contribution in [3.05, 3.63) is 81.6 Å². The largest absolute Gasteiger partial charge is 0.477 e. The first-order valence-electron chi connectivity index (χ1n) is 7.70. The number of hydrogen-bond acceptors (Lipinski definition) is 2. The molecule has 0 saturated heterocycles. The van der Waals surface area contributed by atoms with E-state index in [1.165, 1.54) is 22.8 Å². The molecule has 1 aromatic heterocycles. The Balaban J connectivity index is 1.96. The number of halogens is 2. The van der Waals surface area contributed by atoms with E-state index in [0.29, 0.717) is 17.3 Å². The fourth-order valence-corrected chi connectivity index (χ4v) is 2.77. The number of aromatic nitrogens is 1. The summed E-state index contributed by atoms with van der Waals surface area (Å²) in [7, 11) is 0. The highest BCUT2D eigenvalue weighted by Gasteiger charge is 2.14. The van der Waals surface area contributed by atoms with E-state index in [1.54, 1.807) is 36.4 Å². The molecule has 3 rings (SSSR count). The molecule has 1 heterocycles. The molecule has 4 nitrogen and oxygen atoms in total. The molecule has 0 radical (unpaired) electrons. The Hall–Kier alpha value is -3.02. The van der Waals surface area contributed by atoms with Crippen LogP contribution in [0, 0.1) is 0 Å². The second-order valence-electron chi connectivity index (χ2n) is 5.67. The molecule has 0 fully saturated rings. The lowest BCUT2D eigenvalue weighted by molar-refractivity contribution is 0.0694. The first-order valence-corrected chi connectivity index (χ1v) is 7.70. The molecule has 0 aliphatic carbocycles. The predicted molar refractivity (Wildman–Crippen MR) is 90.3 cm³/mol. The summed E-state index contributed by atoms with van der Waals surface area (Å²) in [5.74, 6) is -1.27. The number of alkyl halides is 2. The Labute approximate surface area is 142 Å². The van der Waals surface area contributed by atoms with Gasteiger partial charge in [-0.2, -0.15) is 0 Å². The minimum atomic E-state index is -2.52. The van der Waals surface area contributed by atoms with E-state index >= 15 is 0 Å². The van der Waals surface area contributed by atoms with Gasteiger partial charge in [-0.3, -0.25) is 4.79 Å². The summed E-state index contributed by atoms with van der Waals surface area (Å²) in [6, 6.07) is 14.3. The Bertz CT molecular complexity index is 978. The topological polar surface area (TPSA) is 59.3 Å². The Kier molecular flexibility index (Phi) is 4.61. The molecule has 0 bridgehead atoms. The van der Waals surface area contributed by atoms with Gasteiger partial charge >= 0.3 is 5.97 Å². The first-order chi connectivity index (χ1) is 12.0. The van der Waals surface area contributed by atoms with Gasteiger partial charge in [0, 0.05) is 12.1 Å². The Morgan fingerprint density at radius 3 is 2.40 bits per heavy atom. The number of carboxylic acids is 1. The van der Waals surface area contributed by atoms with Crippen LogP contribution < -0.4 is 5.56 Å². The number of fused-ring (bicyclic) bond motifs is 1. The fraction of sp³-hybridized carbons (Fsp3) is 0.158. The number of pyridine rings is 1. The minimum absolute atomic E-state index is 0.0563. The lowest BCUT2D eigenvalue weighted by Crippen LogP contribution is -2.27. The SMILES string of the molecule is O=C(O)c1cc2ccccc2n(CCc2ccc(C(F)F)cc2)c1=O. The number of hydrogen-bond donors (Lipinski definition) is 1. The molecule has 0 aliphatic rings. The molecule has 2 aromatic carbocycles. The zero-order valence-electron chi connectivity index (χ0n) is 13.2. The molecule has 25 heavy (non-hydrogen) atoms. The maximum absolute atomic E-state index is 12.6. The third-order valence-corrected chi connectivity index (χ3v) is 4.09. The molecular weight excluding hydrogens is 328 g/mol. The van der Waals surface area contributed by atoms with Gasteiger partial charge in [0.05, 0.1) is 5.52 Å². The van der Waals surface area contributed by atoms with Crippen LogP contribution in [-0.2, 0) is 13.0 Å². The fourth-order valence-electron chi connectivity index (χ4n) is 2.77. The van der Waals surface area contributed by atoms with Gasteiger partial charge < -0.3 is 9.67 Å². The van der Waals surface area contributed by atoms with E-state index in [1.807, 2.05) is 0 Å². The summed E-state index contributed by atoms with van der Waals surface area (Å²) in [6.45, 7) is 0.258. The zero-order valence-corrected chi connectivity index (χ0v) is 13.2. The molecule has 1 N–H and O–H groups in total. The molecule has 0 aliphatic heterocycles. The van der Waals surface area contributed by atoms with Gasteiger partial charge in [-0.05, 0) is 29.5 Å². The quantitative estimate of drug-likeness (QED) is 0.765. The monoisotopic (exact) mass is 343 g/mol. The molecule has 0 atom stereocenters. The van der Waals surface area contributed by atoms with Crippen LogP contribution in [0.1, 0.15) is 27.9 Å². The normalized spacial score (nSPS) is 11.2. The van der Waals surface area contributed by atoms with Gasteiger partial charge in [-0.1, -0.05) is 42.5 Å². The molecule has 6 heteroatoms. The van der Waals surface area contributed by atoms with Crippen molar-refractivity contribution < 1.29 is 18.7 Å². The number of carboxylic acid groups (broad SMARTS) is 1. The highest BCUT2D eigenvalue weighted by molar-refractivity contribution is 5.92. The maximum atomic E-state index is 12.6. The van der Waals surface area contributed by atoms with Crippen LogP contribution in [0.15, 0.2) is 59.4 Å². The second-order valence-corrected chi connectivity index (χ2v) is 5.67. The third kappa shape index (κ3) is 3.42. The third-order valence-electron chi connectivity index (χ3n) is 4.09. The number of benzene rings is 2. The highest BCUT2D eigenvalue weighted by Crippen LogP contribution is 2.19. The average Bonchev–Trinajstić information content (AvgIpc) is 2.60. The van der Waals surface area contributed by atoms with Gasteiger partial charge in [0.25, 0.3) is 12.0 Å². The summed E-state index contributed by atoms with van der Waals surface area (Å²) in [5, 5.41) is 9.89. The van der Waals surface area contributed by atoms with Crippen molar-refractivity contribution >= 4 is 16.9 Å². The van der Waals surface area contributed by atoms with E-state index in [2.05, 4.69) is 0 Å². The second kappa shape index (κ2) is 6.84. The van der Waals surface area contributed by atoms with Crippen molar-refractivity contribution in [2.24, 2.45) is 0 Å². The lowest BCUT2D eigenvalue weighted by atomic mass is 10.1. The van der Waals surface area contributed by atoms with Crippen LogP contribution in [0.2, 0.25) is 0 Å². The lowest BCUT2D eigenvalue weighted by Gasteiger charge is -2.12. The van der Waals surface area contributed by atoms with E-state index < -0.39 is 18.0 Å². The summed E-state index contributed by atoms with van der Waals surface area (Å²) in [5.41, 5.74) is 0.518. The van der Waals surface area contributed by atoms with Gasteiger partial charge in [0.15, 0.2) is 0 Å². The molecule has 128 valence electrons. The molecule has 0 amide bonds. The Morgan fingerprint density at radius 1 is 1.08 bits per heavy atom. The minimum Gasteiger partial charge on any atom is -0.477 e. The number of nitrogens with zero attached hydrogens (tertiary/aromatic N) is 1. The molecule has 0 unspecified atom stereocenters. The van der Waals surface area contributed by atoms with Crippen molar-refractivity contribution in [2.75, 3.05) is 0 Å². The van der Waals surface area contributed by atoms with Crippen LogP contribution in [0.5, 0.6) is 0 Å². The van der Waals surface area contributed by atoms with Crippen molar-refractivity contribution in [2.45, 2.75) is 19.4 Å². The van der Waals surface area contributed by atoms with Crippen LogP contribution in [-0.4, -0.2) is 15.6 Å². The zero-order chi connectivity index (χ0) is 18.0. The standard InChI is InChI=1S/C19H15F2NO3/c20-17(21)13-7-5-12(6-8-13)9-10-22-16-4-2-1-3-14(16)11-15(18(22)23)19(24)25/h1-8,11,17H,9-10H2,(H,24,25). The summed E-state index contributed by atoms with van der Waals surface area (Å²) in [6.07, 6.45) is -2.09. The van der Waals surface area contributed by atoms with Crippen molar-refractivity contribution in [3.63, 3.8) is 0 Å². The summed E-state index contributed by atoms with van der Waals surface area (Å²) >= 11 is 0. The number of para-hydroxylation sites is 1. The predicted octanol–water partition coefficient (Wildman–Crippen LogP) is 3.88. The van der Waals surface area contributed by atoms with Crippen LogP contribution >= 0.6 is 0 Å².